The summed E-state index contributed by atoms with van der Waals surface area (Å²) in [6, 6.07) is 9.08. The van der Waals surface area contributed by atoms with Gasteiger partial charge in [-0.3, -0.25) is 9.59 Å². The molecule has 0 spiro atoms. The minimum Gasteiger partial charge on any atom is -0.481 e. The topological polar surface area (TPSA) is 86.1 Å². The molecular formula is C20H17F3N4O3. The van der Waals surface area contributed by atoms with Gasteiger partial charge in [-0.25, -0.2) is 9.67 Å². The smallest absolute Gasteiger partial charge is 0.416 e. The van der Waals surface area contributed by atoms with E-state index in [4.69, 9.17) is 4.74 Å². The molecule has 0 bridgehead atoms. The van der Waals surface area contributed by atoms with Crippen LogP contribution < -0.4 is 10.1 Å². The zero-order chi connectivity index (χ0) is 21.9. The number of carbonyl (C=O) groups excluding carboxylic acids is 2. The predicted octanol–water partition coefficient (Wildman–Crippen LogP) is 3.89. The van der Waals surface area contributed by atoms with E-state index in [1.165, 1.54) is 49.4 Å². The van der Waals surface area contributed by atoms with Crippen LogP contribution in [0.3, 0.4) is 0 Å². The summed E-state index contributed by atoms with van der Waals surface area (Å²) in [6.07, 6.45) is -3.08. The van der Waals surface area contributed by atoms with Gasteiger partial charge in [-0.1, -0.05) is 0 Å². The lowest BCUT2D eigenvalue weighted by Gasteiger charge is -2.18. The van der Waals surface area contributed by atoms with Crippen LogP contribution in [-0.4, -0.2) is 32.6 Å². The van der Waals surface area contributed by atoms with Crippen molar-refractivity contribution in [1.82, 2.24) is 14.8 Å². The Morgan fingerprint density at radius 1 is 1.13 bits per heavy atom. The lowest BCUT2D eigenvalue weighted by molar-refractivity contribution is -0.137. The number of ether oxygens (including phenoxy) is 1. The molecule has 2 aromatic carbocycles. The number of rotatable bonds is 6. The molecule has 1 atom stereocenters. The maximum atomic E-state index is 13.1. The summed E-state index contributed by atoms with van der Waals surface area (Å²) in [6.45, 7) is 2.88. The standard InChI is InChI=1S/C20H17F3N4O3/c1-12(28)14-3-6-16(7-4-14)30-13(2)19(29)26-17-9-15(20(21,22)23)5-8-18(17)27-11-24-10-25-27/h3-11,13H,1-2H3,(H,26,29)/t13-/m0/s1. The van der Waals surface area contributed by atoms with Crippen LogP contribution >= 0.6 is 0 Å². The van der Waals surface area contributed by atoms with Crippen LogP contribution in [0.2, 0.25) is 0 Å². The Hall–Kier alpha value is -3.69. The van der Waals surface area contributed by atoms with Crippen LogP contribution in [0, 0.1) is 0 Å². The summed E-state index contributed by atoms with van der Waals surface area (Å²) >= 11 is 0. The highest BCUT2D eigenvalue weighted by Crippen LogP contribution is 2.33. The molecule has 0 fully saturated rings. The molecule has 0 aliphatic rings. The van der Waals surface area contributed by atoms with Crippen molar-refractivity contribution in [3.63, 3.8) is 0 Å². The van der Waals surface area contributed by atoms with Crippen LogP contribution in [-0.2, 0) is 11.0 Å². The van der Waals surface area contributed by atoms with Crippen molar-refractivity contribution in [1.29, 1.82) is 0 Å². The molecule has 0 unspecified atom stereocenters. The number of carbonyl (C=O) groups is 2. The Balaban J connectivity index is 1.81. The molecule has 0 aliphatic heterocycles. The van der Waals surface area contributed by atoms with E-state index in [1.807, 2.05) is 0 Å². The number of Topliss-reactive ketones (excluding diaryl/α,β-unsaturated/α-hetero) is 1. The number of anilines is 1. The molecule has 1 N–H and O–H groups in total. The van der Waals surface area contributed by atoms with E-state index in [1.54, 1.807) is 12.1 Å². The number of ketones is 1. The van der Waals surface area contributed by atoms with Gasteiger partial charge in [0.2, 0.25) is 0 Å². The van der Waals surface area contributed by atoms with Gasteiger partial charge < -0.3 is 10.1 Å². The van der Waals surface area contributed by atoms with Crippen molar-refractivity contribution in [2.75, 3.05) is 5.32 Å². The molecule has 30 heavy (non-hydrogen) atoms. The van der Waals surface area contributed by atoms with Crippen LogP contribution in [0.25, 0.3) is 5.69 Å². The van der Waals surface area contributed by atoms with Crippen molar-refractivity contribution in [3.05, 3.63) is 66.2 Å². The number of alkyl halides is 3. The SMILES string of the molecule is CC(=O)c1ccc(O[C@@H](C)C(=O)Nc2cc(C(F)(F)F)ccc2-n2cncn2)cc1. The van der Waals surface area contributed by atoms with Crippen molar-refractivity contribution >= 4 is 17.4 Å². The normalized spacial score (nSPS) is 12.3. The molecule has 156 valence electrons. The zero-order valence-electron chi connectivity index (χ0n) is 16.0. The molecule has 0 aliphatic carbocycles. The Kier molecular flexibility index (Phi) is 5.86. The van der Waals surface area contributed by atoms with Gasteiger partial charge in [-0.05, 0) is 56.3 Å². The highest BCUT2D eigenvalue weighted by Gasteiger charge is 2.31. The second-order valence-electron chi connectivity index (χ2n) is 6.40. The molecule has 0 saturated heterocycles. The third kappa shape index (κ3) is 4.83. The first kappa shape index (κ1) is 21.0. The Morgan fingerprint density at radius 3 is 2.40 bits per heavy atom. The second kappa shape index (κ2) is 8.36. The number of aromatic nitrogens is 3. The van der Waals surface area contributed by atoms with Crippen molar-refractivity contribution < 1.29 is 27.5 Å². The quantitative estimate of drug-likeness (QED) is 0.614. The first-order valence-electron chi connectivity index (χ1n) is 8.80. The third-order valence-corrected chi connectivity index (χ3v) is 4.19. The van der Waals surface area contributed by atoms with Crippen molar-refractivity contribution in [2.24, 2.45) is 0 Å². The van der Waals surface area contributed by atoms with Gasteiger partial charge in [0, 0.05) is 5.56 Å². The van der Waals surface area contributed by atoms with Gasteiger partial charge in [0.15, 0.2) is 11.9 Å². The first-order chi connectivity index (χ1) is 14.1. The lowest BCUT2D eigenvalue weighted by atomic mass is 10.1. The highest BCUT2D eigenvalue weighted by molar-refractivity contribution is 5.96. The van der Waals surface area contributed by atoms with Gasteiger partial charge in [0.1, 0.15) is 18.4 Å². The van der Waals surface area contributed by atoms with E-state index in [9.17, 15) is 22.8 Å². The number of hydrogen-bond donors (Lipinski definition) is 1. The highest BCUT2D eigenvalue weighted by atomic mass is 19.4. The molecule has 1 amide bonds. The van der Waals surface area contributed by atoms with E-state index in [0.717, 1.165) is 12.1 Å². The van der Waals surface area contributed by atoms with E-state index in [0.29, 0.717) is 11.3 Å². The predicted molar refractivity (Wildman–Crippen MR) is 102 cm³/mol. The summed E-state index contributed by atoms with van der Waals surface area (Å²) in [7, 11) is 0. The Morgan fingerprint density at radius 2 is 1.83 bits per heavy atom. The average molecular weight is 418 g/mol. The van der Waals surface area contributed by atoms with Crippen molar-refractivity contribution in [3.8, 4) is 11.4 Å². The second-order valence-corrected chi connectivity index (χ2v) is 6.40. The van der Waals surface area contributed by atoms with Crippen LogP contribution in [0.5, 0.6) is 5.75 Å². The molecule has 1 aromatic heterocycles. The fourth-order valence-electron chi connectivity index (χ4n) is 2.61. The van der Waals surface area contributed by atoms with Gasteiger partial charge in [-0.15, -0.1) is 0 Å². The third-order valence-electron chi connectivity index (χ3n) is 4.19. The minimum absolute atomic E-state index is 0.0947. The van der Waals surface area contributed by atoms with Gasteiger partial charge in [-0.2, -0.15) is 18.3 Å². The summed E-state index contributed by atoms with van der Waals surface area (Å²) in [5, 5.41) is 6.35. The van der Waals surface area contributed by atoms with Gasteiger partial charge >= 0.3 is 6.18 Å². The van der Waals surface area contributed by atoms with Crippen molar-refractivity contribution in [2.45, 2.75) is 26.1 Å². The monoisotopic (exact) mass is 418 g/mol. The molecule has 0 saturated carbocycles. The molecule has 3 aromatic rings. The molecule has 1 heterocycles. The Labute approximate surface area is 169 Å². The van der Waals surface area contributed by atoms with Crippen LogP contribution in [0.1, 0.15) is 29.8 Å². The Bertz CT molecular complexity index is 1050. The van der Waals surface area contributed by atoms with Gasteiger partial charge in [0.25, 0.3) is 5.91 Å². The number of hydrogen-bond acceptors (Lipinski definition) is 5. The summed E-state index contributed by atoms with van der Waals surface area (Å²) in [4.78, 5) is 27.6. The number of nitrogens with one attached hydrogen (secondary N) is 1. The zero-order valence-corrected chi connectivity index (χ0v) is 16.0. The fraction of sp³-hybridized carbons (Fsp3) is 0.200. The van der Waals surface area contributed by atoms with Crippen LogP contribution in [0.4, 0.5) is 18.9 Å². The maximum Gasteiger partial charge on any atom is 0.416 e. The minimum atomic E-state index is -4.58. The average Bonchev–Trinajstić information content (AvgIpc) is 3.22. The summed E-state index contributed by atoms with van der Waals surface area (Å²) in [5.41, 5.74) is -0.314. The van der Waals surface area contributed by atoms with Crippen LogP contribution in [0.15, 0.2) is 55.1 Å². The van der Waals surface area contributed by atoms with E-state index in [2.05, 4.69) is 15.4 Å². The van der Waals surface area contributed by atoms with E-state index in [-0.39, 0.29) is 17.2 Å². The molecule has 3 rings (SSSR count). The lowest BCUT2D eigenvalue weighted by Crippen LogP contribution is -2.30. The molecule has 7 nitrogen and oxygen atoms in total. The van der Waals surface area contributed by atoms with E-state index >= 15 is 0 Å². The number of amides is 1. The van der Waals surface area contributed by atoms with Gasteiger partial charge in [0.05, 0.1) is 16.9 Å². The number of nitrogens with zero attached hydrogens (tertiary/aromatic N) is 3. The number of benzene rings is 2. The molecule has 0 radical (unpaired) electrons. The summed E-state index contributed by atoms with van der Waals surface area (Å²) in [5.74, 6) is -0.438. The summed E-state index contributed by atoms with van der Waals surface area (Å²) < 4.78 is 46.1. The molecular weight excluding hydrogens is 401 g/mol. The first-order valence-corrected chi connectivity index (χ1v) is 8.80. The fourth-order valence-corrected chi connectivity index (χ4v) is 2.61. The largest absolute Gasteiger partial charge is 0.481 e. The molecule has 10 heteroatoms. The van der Waals surface area contributed by atoms with E-state index < -0.39 is 23.8 Å². The number of halogens is 3. The maximum absolute atomic E-state index is 13.1.